The summed E-state index contributed by atoms with van der Waals surface area (Å²) in [6.07, 6.45) is -0.117. The highest BCUT2D eigenvalue weighted by molar-refractivity contribution is 5.63. The molecule has 2 nitrogen and oxygen atoms in total. The van der Waals surface area contributed by atoms with Gasteiger partial charge < -0.3 is 9.84 Å². The zero-order chi connectivity index (χ0) is 13.7. The van der Waals surface area contributed by atoms with E-state index in [1.807, 2.05) is 54.6 Å². The predicted molar refractivity (Wildman–Crippen MR) is 78.0 cm³/mol. The van der Waals surface area contributed by atoms with Crippen LogP contribution in [0.3, 0.4) is 0 Å². The SMILES string of the molecule is C=C(CC(O)c1ccccc1OC)c1ccccc1. The number of aliphatic hydroxyl groups excluding tert-OH is 1. The number of hydrogen-bond acceptors (Lipinski definition) is 2. The quantitative estimate of drug-likeness (QED) is 0.878. The highest BCUT2D eigenvalue weighted by Gasteiger charge is 2.14. The predicted octanol–water partition coefficient (Wildman–Crippen LogP) is 3.83. The maximum atomic E-state index is 10.3. The van der Waals surface area contributed by atoms with Crippen molar-refractivity contribution in [1.82, 2.24) is 0 Å². The van der Waals surface area contributed by atoms with Gasteiger partial charge in [0, 0.05) is 12.0 Å². The average Bonchev–Trinajstić information content (AvgIpc) is 2.48. The van der Waals surface area contributed by atoms with E-state index in [1.165, 1.54) is 0 Å². The molecule has 0 amide bonds. The van der Waals surface area contributed by atoms with Gasteiger partial charge in [-0.2, -0.15) is 0 Å². The minimum absolute atomic E-state index is 0.490. The van der Waals surface area contributed by atoms with Crippen LogP contribution in [0.4, 0.5) is 0 Å². The van der Waals surface area contributed by atoms with E-state index < -0.39 is 6.10 Å². The first-order valence-corrected chi connectivity index (χ1v) is 6.26. The van der Waals surface area contributed by atoms with Gasteiger partial charge in [0.2, 0.25) is 0 Å². The normalized spacial score (nSPS) is 11.9. The fraction of sp³-hybridized carbons (Fsp3) is 0.176. The number of aliphatic hydroxyl groups is 1. The lowest BCUT2D eigenvalue weighted by molar-refractivity contribution is 0.179. The van der Waals surface area contributed by atoms with E-state index >= 15 is 0 Å². The summed E-state index contributed by atoms with van der Waals surface area (Å²) in [7, 11) is 1.61. The first kappa shape index (κ1) is 13.4. The lowest BCUT2D eigenvalue weighted by atomic mass is 9.97. The Morgan fingerprint density at radius 1 is 1.11 bits per heavy atom. The molecule has 2 rings (SSSR count). The molecule has 19 heavy (non-hydrogen) atoms. The molecule has 0 aromatic heterocycles. The Labute approximate surface area is 114 Å². The van der Waals surface area contributed by atoms with E-state index in [0.717, 1.165) is 16.7 Å². The molecule has 98 valence electrons. The summed E-state index contributed by atoms with van der Waals surface area (Å²) in [6.45, 7) is 4.05. The molecule has 0 aliphatic rings. The first-order valence-electron chi connectivity index (χ1n) is 6.26. The Bertz CT molecular complexity index is 546. The van der Waals surface area contributed by atoms with Crippen LogP contribution in [0.5, 0.6) is 5.75 Å². The van der Waals surface area contributed by atoms with Crippen molar-refractivity contribution in [2.45, 2.75) is 12.5 Å². The van der Waals surface area contributed by atoms with Crippen molar-refractivity contribution in [1.29, 1.82) is 0 Å². The van der Waals surface area contributed by atoms with Gasteiger partial charge in [-0.3, -0.25) is 0 Å². The van der Waals surface area contributed by atoms with Crippen LogP contribution >= 0.6 is 0 Å². The third kappa shape index (κ3) is 3.24. The van der Waals surface area contributed by atoms with Gasteiger partial charge in [-0.15, -0.1) is 0 Å². The van der Waals surface area contributed by atoms with Gasteiger partial charge in [0.15, 0.2) is 0 Å². The second-order valence-corrected chi connectivity index (χ2v) is 4.43. The molecular formula is C17H18O2. The second-order valence-electron chi connectivity index (χ2n) is 4.43. The van der Waals surface area contributed by atoms with Crippen LogP contribution in [0.25, 0.3) is 5.57 Å². The largest absolute Gasteiger partial charge is 0.496 e. The van der Waals surface area contributed by atoms with Crippen molar-refractivity contribution >= 4 is 5.57 Å². The third-order valence-corrected chi connectivity index (χ3v) is 3.12. The number of benzene rings is 2. The standard InChI is InChI=1S/C17H18O2/c1-13(14-8-4-3-5-9-14)12-16(18)15-10-6-7-11-17(15)19-2/h3-11,16,18H,1,12H2,2H3. The molecule has 2 aromatic carbocycles. The molecule has 0 saturated carbocycles. The average molecular weight is 254 g/mol. The smallest absolute Gasteiger partial charge is 0.124 e. The lowest BCUT2D eigenvalue weighted by Crippen LogP contribution is -2.01. The molecule has 0 fully saturated rings. The monoisotopic (exact) mass is 254 g/mol. The molecule has 1 atom stereocenters. The molecule has 0 saturated heterocycles. The summed E-state index contributed by atoms with van der Waals surface area (Å²) in [6, 6.07) is 17.4. The van der Waals surface area contributed by atoms with Crippen LogP contribution in [0, 0.1) is 0 Å². The zero-order valence-corrected chi connectivity index (χ0v) is 11.0. The molecular weight excluding hydrogens is 236 g/mol. The molecule has 2 aromatic rings. The molecule has 1 unspecified atom stereocenters. The van der Waals surface area contributed by atoms with Crippen molar-refractivity contribution in [2.75, 3.05) is 7.11 Å². The minimum atomic E-state index is -0.608. The highest BCUT2D eigenvalue weighted by atomic mass is 16.5. The summed E-state index contributed by atoms with van der Waals surface area (Å²) >= 11 is 0. The Hall–Kier alpha value is -2.06. The molecule has 0 bridgehead atoms. The van der Waals surface area contributed by atoms with E-state index in [4.69, 9.17) is 4.74 Å². The number of ether oxygens (including phenoxy) is 1. The molecule has 0 radical (unpaired) electrons. The van der Waals surface area contributed by atoms with Crippen molar-refractivity contribution in [3.63, 3.8) is 0 Å². The van der Waals surface area contributed by atoms with Gasteiger partial charge >= 0.3 is 0 Å². The van der Waals surface area contributed by atoms with Crippen LogP contribution < -0.4 is 4.74 Å². The van der Waals surface area contributed by atoms with Crippen molar-refractivity contribution in [3.8, 4) is 5.75 Å². The van der Waals surface area contributed by atoms with Gasteiger partial charge in [-0.25, -0.2) is 0 Å². The van der Waals surface area contributed by atoms with Crippen molar-refractivity contribution < 1.29 is 9.84 Å². The van der Waals surface area contributed by atoms with Crippen LogP contribution in [0.1, 0.15) is 23.7 Å². The fourth-order valence-corrected chi connectivity index (χ4v) is 2.08. The number of hydrogen-bond donors (Lipinski definition) is 1. The molecule has 0 aliphatic heterocycles. The highest BCUT2D eigenvalue weighted by Crippen LogP contribution is 2.31. The van der Waals surface area contributed by atoms with Crippen molar-refractivity contribution in [2.24, 2.45) is 0 Å². The minimum Gasteiger partial charge on any atom is -0.496 e. The van der Waals surface area contributed by atoms with E-state index in [2.05, 4.69) is 6.58 Å². The zero-order valence-electron chi connectivity index (χ0n) is 11.0. The van der Waals surface area contributed by atoms with E-state index in [-0.39, 0.29) is 0 Å². The van der Waals surface area contributed by atoms with Gasteiger partial charge in [-0.05, 0) is 17.2 Å². The van der Waals surface area contributed by atoms with Gasteiger partial charge in [0.25, 0.3) is 0 Å². The third-order valence-electron chi connectivity index (χ3n) is 3.12. The second kappa shape index (κ2) is 6.21. The number of para-hydroxylation sites is 1. The summed E-state index contributed by atoms with van der Waals surface area (Å²) in [5, 5.41) is 10.3. The van der Waals surface area contributed by atoms with E-state index in [1.54, 1.807) is 7.11 Å². The summed E-state index contributed by atoms with van der Waals surface area (Å²) in [4.78, 5) is 0. The molecule has 0 aliphatic carbocycles. The summed E-state index contributed by atoms with van der Waals surface area (Å²) in [5.74, 6) is 0.705. The Kier molecular flexibility index (Phi) is 4.37. The van der Waals surface area contributed by atoms with Crippen LogP contribution in [-0.4, -0.2) is 12.2 Å². The van der Waals surface area contributed by atoms with E-state index in [9.17, 15) is 5.11 Å². The number of methoxy groups -OCH3 is 1. The maximum absolute atomic E-state index is 10.3. The van der Waals surface area contributed by atoms with Crippen molar-refractivity contribution in [3.05, 3.63) is 72.3 Å². The van der Waals surface area contributed by atoms with Crippen LogP contribution in [0.15, 0.2) is 61.2 Å². The Morgan fingerprint density at radius 3 is 2.42 bits per heavy atom. The number of rotatable bonds is 5. The molecule has 2 heteroatoms. The molecule has 0 spiro atoms. The molecule has 1 N–H and O–H groups in total. The molecule has 0 heterocycles. The Balaban J connectivity index is 2.13. The van der Waals surface area contributed by atoms with Crippen LogP contribution in [-0.2, 0) is 0 Å². The van der Waals surface area contributed by atoms with Gasteiger partial charge in [0.05, 0.1) is 13.2 Å². The first-order chi connectivity index (χ1) is 9.22. The summed E-state index contributed by atoms with van der Waals surface area (Å²) in [5.41, 5.74) is 2.76. The van der Waals surface area contributed by atoms with Crippen LogP contribution in [0.2, 0.25) is 0 Å². The topological polar surface area (TPSA) is 29.5 Å². The summed E-state index contributed by atoms with van der Waals surface area (Å²) < 4.78 is 5.26. The Morgan fingerprint density at radius 2 is 1.74 bits per heavy atom. The van der Waals surface area contributed by atoms with Gasteiger partial charge in [-0.1, -0.05) is 55.1 Å². The lowest BCUT2D eigenvalue weighted by Gasteiger charge is -2.16. The van der Waals surface area contributed by atoms with E-state index in [0.29, 0.717) is 12.2 Å². The van der Waals surface area contributed by atoms with Gasteiger partial charge in [0.1, 0.15) is 5.75 Å². The fourth-order valence-electron chi connectivity index (χ4n) is 2.08. The maximum Gasteiger partial charge on any atom is 0.124 e.